The van der Waals surface area contributed by atoms with Crippen molar-refractivity contribution in [1.29, 1.82) is 0 Å². The number of aromatic nitrogens is 3. The molecule has 2 heterocycles. The maximum absolute atomic E-state index is 4.14. The van der Waals surface area contributed by atoms with Gasteiger partial charge < -0.3 is 9.88 Å². The van der Waals surface area contributed by atoms with Crippen LogP contribution in [0.3, 0.4) is 0 Å². The molecule has 13 heavy (non-hydrogen) atoms. The molecule has 1 aliphatic rings. The third kappa shape index (κ3) is 1.88. The van der Waals surface area contributed by atoms with Gasteiger partial charge in [0.1, 0.15) is 12.2 Å². The van der Waals surface area contributed by atoms with Crippen LogP contribution in [0, 0.1) is 5.92 Å². The van der Waals surface area contributed by atoms with Gasteiger partial charge in [0, 0.05) is 13.0 Å². The van der Waals surface area contributed by atoms with Crippen molar-refractivity contribution in [2.75, 3.05) is 13.1 Å². The highest BCUT2D eigenvalue weighted by Crippen LogP contribution is 2.10. The average molecular weight is 180 g/mol. The number of hydrogen-bond donors (Lipinski definition) is 1. The molecule has 1 aliphatic heterocycles. The number of nitrogens with one attached hydrogen (secondary N) is 1. The first-order valence-electron chi connectivity index (χ1n) is 4.97. The second-order valence-corrected chi connectivity index (χ2v) is 3.67. The smallest absolute Gasteiger partial charge is 0.133 e. The van der Waals surface area contributed by atoms with E-state index >= 15 is 0 Å². The summed E-state index contributed by atoms with van der Waals surface area (Å²) in [6, 6.07) is 0. The first-order valence-corrected chi connectivity index (χ1v) is 4.97. The fourth-order valence-corrected chi connectivity index (χ4v) is 1.62. The molecule has 0 radical (unpaired) electrons. The highest BCUT2D eigenvalue weighted by molar-refractivity contribution is 4.92. The third-order valence-corrected chi connectivity index (χ3v) is 2.50. The molecule has 0 aliphatic carbocycles. The Labute approximate surface area is 78.4 Å². The molecule has 0 spiro atoms. The molecule has 1 saturated heterocycles. The van der Waals surface area contributed by atoms with Gasteiger partial charge in [-0.25, -0.2) is 0 Å². The molecular formula is C9H16N4. The van der Waals surface area contributed by atoms with Crippen LogP contribution in [0.2, 0.25) is 0 Å². The minimum Gasteiger partial charge on any atom is -0.318 e. The van der Waals surface area contributed by atoms with Crippen LogP contribution in [0.5, 0.6) is 0 Å². The topological polar surface area (TPSA) is 42.7 Å². The zero-order chi connectivity index (χ0) is 9.10. The predicted octanol–water partition coefficient (Wildman–Crippen LogP) is 0.450. The zero-order valence-corrected chi connectivity index (χ0v) is 8.03. The maximum atomic E-state index is 4.14. The lowest BCUT2D eigenvalue weighted by molar-refractivity contribution is 0.336. The molecule has 4 nitrogen and oxygen atoms in total. The molecule has 0 unspecified atom stereocenters. The van der Waals surface area contributed by atoms with Gasteiger partial charge in [-0.2, -0.15) is 0 Å². The van der Waals surface area contributed by atoms with E-state index in [4.69, 9.17) is 0 Å². The highest BCUT2D eigenvalue weighted by Gasteiger charge is 2.19. The van der Waals surface area contributed by atoms with Crippen LogP contribution in [0.15, 0.2) is 6.33 Å². The SMILES string of the molecule is CCCn1cnnc1CC1CNC1. The minimum atomic E-state index is 0.778. The van der Waals surface area contributed by atoms with Crippen molar-refractivity contribution in [3.63, 3.8) is 0 Å². The molecule has 1 aromatic heterocycles. The van der Waals surface area contributed by atoms with E-state index in [0.29, 0.717) is 0 Å². The molecule has 0 saturated carbocycles. The molecule has 4 heteroatoms. The van der Waals surface area contributed by atoms with E-state index in [1.807, 2.05) is 6.33 Å². The summed E-state index contributed by atoms with van der Waals surface area (Å²) in [7, 11) is 0. The van der Waals surface area contributed by atoms with Gasteiger partial charge in [0.2, 0.25) is 0 Å². The van der Waals surface area contributed by atoms with Crippen LogP contribution >= 0.6 is 0 Å². The predicted molar refractivity (Wildman–Crippen MR) is 50.4 cm³/mol. The molecule has 1 N–H and O–H groups in total. The molecule has 0 amide bonds. The van der Waals surface area contributed by atoms with Gasteiger partial charge in [-0.3, -0.25) is 0 Å². The quantitative estimate of drug-likeness (QED) is 0.731. The van der Waals surface area contributed by atoms with Crippen LogP contribution in [-0.4, -0.2) is 27.9 Å². The van der Waals surface area contributed by atoms with Crippen LogP contribution in [0.1, 0.15) is 19.2 Å². The average Bonchev–Trinajstić information content (AvgIpc) is 2.46. The van der Waals surface area contributed by atoms with E-state index in [1.165, 1.54) is 0 Å². The van der Waals surface area contributed by atoms with Crippen molar-refractivity contribution in [2.24, 2.45) is 5.92 Å². The molecule has 0 aromatic carbocycles. The fourth-order valence-electron chi connectivity index (χ4n) is 1.62. The Kier molecular flexibility index (Phi) is 2.59. The molecule has 1 aromatic rings. The Balaban J connectivity index is 1.96. The van der Waals surface area contributed by atoms with E-state index in [0.717, 1.165) is 44.2 Å². The van der Waals surface area contributed by atoms with E-state index in [2.05, 4.69) is 27.0 Å². The van der Waals surface area contributed by atoms with Gasteiger partial charge in [0.15, 0.2) is 0 Å². The molecule has 0 bridgehead atoms. The first kappa shape index (κ1) is 8.69. The summed E-state index contributed by atoms with van der Waals surface area (Å²) in [4.78, 5) is 0. The zero-order valence-electron chi connectivity index (χ0n) is 8.03. The Morgan fingerprint density at radius 1 is 1.62 bits per heavy atom. The summed E-state index contributed by atoms with van der Waals surface area (Å²) < 4.78 is 2.16. The van der Waals surface area contributed by atoms with Crippen molar-refractivity contribution in [3.05, 3.63) is 12.2 Å². The summed E-state index contributed by atoms with van der Waals surface area (Å²) in [6.45, 7) is 5.50. The molecule has 2 rings (SSSR count). The van der Waals surface area contributed by atoms with E-state index in [-0.39, 0.29) is 0 Å². The Hall–Kier alpha value is -0.900. The van der Waals surface area contributed by atoms with Crippen molar-refractivity contribution in [2.45, 2.75) is 26.3 Å². The van der Waals surface area contributed by atoms with Crippen LogP contribution < -0.4 is 5.32 Å². The van der Waals surface area contributed by atoms with Gasteiger partial charge >= 0.3 is 0 Å². The Morgan fingerprint density at radius 3 is 3.08 bits per heavy atom. The standard InChI is InChI=1S/C9H16N4/c1-2-3-13-7-11-12-9(13)4-8-5-10-6-8/h7-8,10H,2-6H2,1H3. The van der Waals surface area contributed by atoms with Crippen molar-refractivity contribution < 1.29 is 0 Å². The Morgan fingerprint density at radius 2 is 2.46 bits per heavy atom. The van der Waals surface area contributed by atoms with Gasteiger partial charge in [-0.05, 0) is 25.4 Å². The Bertz CT molecular complexity index is 264. The minimum absolute atomic E-state index is 0.778. The number of hydrogen-bond acceptors (Lipinski definition) is 3. The summed E-state index contributed by atoms with van der Waals surface area (Å²) in [5.41, 5.74) is 0. The second kappa shape index (κ2) is 3.87. The van der Waals surface area contributed by atoms with E-state index in [9.17, 15) is 0 Å². The van der Waals surface area contributed by atoms with Crippen molar-refractivity contribution in [3.8, 4) is 0 Å². The van der Waals surface area contributed by atoms with Gasteiger partial charge in [0.05, 0.1) is 0 Å². The monoisotopic (exact) mass is 180 g/mol. The first-order chi connectivity index (χ1) is 6.40. The second-order valence-electron chi connectivity index (χ2n) is 3.67. The lowest BCUT2D eigenvalue weighted by Crippen LogP contribution is -2.43. The summed E-state index contributed by atoms with van der Waals surface area (Å²) in [6.07, 6.45) is 4.06. The fraction of sp³-hybridized carbons (Fsp3) is 0.778. The lowest BCUT2D eigenvalue weighted by atomic mass is 9.99. The summed E-state index contributed by atoms with van der Waals surface area (Å²) in [5, 5.41) is 11.4. The van der Waals surface area contributed by atoms with Crippen LogP contribution in [0.25, 0.3) is 0 Å². The number of rotatable bonds is 4. The van der Waals surface area contributed by atoms with E-state index in [1.54, 1.807) is 0 Å². The van der Waals surface area contributed by atoms with Crippen molar-refractivity contribution >= 4 is 0 Å². The molecular weight excluding hydrogens is 164 g/mol. The van der Waals surface area contributed by atoms with Gasteiger partial charge in [-0.1, -0.05) is 6.92 Å². The number of aryl methyl sites for hydroxylation is 1. The van der Waals surface area contributed by atoms with Crippen molar-refractivity contribution in [1.82, 2.24) is 20.1 Å². The largest absolute Gasteiger partial charge is 0.318 e. The lowest BCUT2D eigenvalue weighted by Gasteiger charge is -2.26. The molecule has 1 fully saturated rings. The van der Waals surface area contributed by atoms with Gasteiger partial charge in [0.25, 0.3) is 0 Å². The molecule has 72 valence electrons. The summed E-state index contributed by atoms with van der Waals surface area (Å²) >= 11 is 0. The van der Waals surface area contributed by atoms with Gasteiger partial charge in [-0.15, -0.1) is 10.2 Å². The number of nitrogens with zero attached hydrogens (tertiary/aromatic N) is 3. The summed E-state index contributed by atoms with van der Waals surface area (Å²) in [5.74, 6) is 1.92. The highest BCUT2D eigenvalue weighted by atomic mass is 15.3. The van der Waals surface area contributed by atoms with Crippen LogP contribution in [-0.2, 0) is 13.0 Å². The van der Waals surface area contributed by atoms with Crippen LogP contribution in [0.4, 0.5) is 0 Å². The maximum Gasteiger partial charge on any atom is 0.133 e. The normalized spacial score (nSPS) is 17.3. The third-order valence-electron chi connectivity index (χ3n) is 2.50. The molecule has 0 atom stereocenters. The van der Waals surface area contributed by atoms with E-state index < -0.39 is 0 Å².